The zero-order valence-electron chi connectivity index (χ0n) is 5.65. The highest BCUT2D eigenvalue weighted by molar-refractivity contribution is 6.51. The molecule has 1 aliphatic heterocycles. The molecule has 0 aromatic rings. The number of ether oxygens (including phenoxy) is 1. The molecule has 0 bridgehead atoms. The Balaban J connectivity index is 2.01. The second-order valence-electron chi connectivity index (χ2n) is 3.07. The number of rotatable bonds is 0. The molecule has 0 N–H and O–H groups in total. The molecule has 0 radical (unpaired) electrons. The fourth-order valence-corrected chi connectivity index (χ4v) is 2.36. The van der Waals surface area contributed by atoms with Crippen LogP contribution in [0.1, 0.15) is 19.3 Å². The Labute approximate surface area is 70.6 Å². The van der Waals surface area contributed by atoms with E-state index >= 15 is 0 Å². The Morgan fingerprint density at radius 1 is 1.30 bits per heavy atom. The van der Waals surface area contributed by atoms with Crippen molar-refractivity contribution in [3.8, 4) is 0 Å². The molecule has 2 fully saturated rings. The first kappa shape index (κ1) is 7.20. The van der Waals surface area contributed by atoms with Gasteiger partial charge < -0.3 is 4.74 Å². The molecular formula is C7H10Cl2O. The SMILES string of the molecule is ClC1(Cl)[C@@H]2OCCCC[C@@H]21. The lowest BCUT2D eigenvalue weighted by molar-refractivity contribution is 0.116. The summed E-state index contributed by atoms with van der Waals surface area (Å²) in [7, 11) is 0. The van der Waals surface area contributed by atoms with Gasteiger partial charge in [-0.2, -0.15) is 0 Å². The van der Waals surface area contributed by atoms with E-state index in [4.69, 9.17) is 27.9 Å². The van der Waals surface area contributed by atoms with Gasteiger partial charge in [-0.1, -0.05) is 29.6 Å². The van der Waals surface area contributed by atoms with Crippen LogP contribution >= 0.6 is 23.2 Å². The van der Waals surface area contributed by atoms with Crippen molar-refractivity contribution in [2.75, 3.05) is 6.61 Å². The Bertz CT molecular complexity index is 133. The fourth-order valence-electron chi connectivity index (χ4n) is 1.61. The largest absolute Gasteiger partial charge is 0.375 e. The van der Waals surface area contributed by atoms with Gasteiger partial charge in [0, 0.05) is 12.5 Å². The van der Waals surface area contributed by atoms with E-state index in [0.717, 1.165) is 19.4 Å². The molecule has 0 amide bonds. The first-order valence-electron chi connectivity index (χ1n) is 3.72. The summed E-state index contributed by atoms with van der Waals surface area (Å²) in [5, 5.41) is 0. The van der Waals surface area contributed by atoms with Crippen molar-refractivity contribution in [3.63, 3.8) is 0 Å². The van der Waals surface area contributed by atoms with Crippen LogP contribution in [-0.4, -0.2) is 17.0 Å². The van der Waals surface area contributed by atoms with Crippen molar-refractivity contribution in [1.29, 1.82) is 0 Å². The Hall–Kier alpha value is 0.540. The van der Waals surface area contributed by atoms with Gasteiger partial charge >= 0.3 is 0 Å². The normalized spacial score (nSPS) is 43.8. The average molecular weight is 181 g/mol. The molecular weight excluding hydrogens is 171 g/mol. The summed E-state index contributed by atoms with van der Waals surface area (Å²) < 4.78 is 4.89. The second-order valence-corrected chi connectivity index (χ2v) is 4.51. The molecule has 2 rings (SSSR count). The summed E-state index contributed by atoms with van der Waals surface area (Å²) >= 11 is 11.9. The van der Waals surface area contributed by atoms with Crippen LogP contribution < -0.4 is 0 Å². The van der Waals surface area contributed by atoms with Crippen molar-refractivity contribution in [2.24, 2.45) is 5.92 Å². The van der Waals surface area contributed by atoms with Crippen molar-refractivity contribution in [2.45, 2.75) is 29.7 Å². The van der Waals surface area contributed by atoms with Crippen molar-refractivity contribution in [1.82, 2.24) is 0 Å². The third-order valence-electron chi connectivity index (χ3n) is 2.34. The minimum Gasteiger partial charge on any atom is -0.375 e. The van der Waals surface area contributed by atoms with E-state index in [-0.39, 0.29) is 6.10 Å². The fraction of sp³-hybridized carbons (Fsp3) is 1.00. The van der Waals surface area contributed by atoms with Crippen molar-refractivity contribution >= 4 is 23.2 Å². The van der Waals surface area contributed by atoms with Crippen molar-refractivity contribution in [3.05, 3.63) is 0 Å². The molecule has 0 spiro atoms. The third kappa shape index (κ3) is 0.956. The van der Waals surface area contributed by atoms with Gasteiger partial charge in [0.2, 0.25) is 0 Å². The summed E-state index contributed by atoms with van der Waals surface area (Å²) in [5.41, 5.74) is 0. The number of hydrogen-bond acceptors (Lipinski definition) is 1. The highest BCUT2D eigenvalue weighted by Gasteiger charge is 2.64. The zero-order chi connectivity index (χ0) is 7.19. The van der Waals surface area contributed by atoms with E-state index in [0.29, 0.717) is 5.92 Å². The molecule has 1 nitrogen and oxygen atoms in total. The van der Waals surface area contributed by atoms with Crippen LogP contribution in [0.15, 0.2) is 0 Å². The molecule has 2 aliphatic rings. The molecule has 1 saturated carbocycles. The lowest BCUT2D eigenvalue weighted by Crippen LogP contribution is -2.03. The quantitative estimate of drug-likeness (QED) is 0.521. The van der Waals surface area contributed by atoms with Gasteiger partial charge in [0.05, 0.1) is 6.10 Å². The molecule has 58 valence electrons. The van der Waals surface area contributed by atoms with Crippen LogP contribution in [0.5, 0.6) is 0 Å². The van der Waals surface area contributed by atoms with Gasteiger partial charge in [-0.05, 0) is 12.8 Å². The lowest BCUT2D eigenvalue weighted by Gasteiger charge is -2.01. The maximum absolute atomic E-state index is 5.93. The predicted octanol–water partition coefficient (Wildman–Crippen LogP) is 2.36. The lowest BCUT2D eigenvalue weighted by atomic mass is 10.2. The molecule has 0 aromatic heterocycles. The summed E-state index contributed by atoms with van der Waals surface area (Å²) in [6.45, 7) is 0.836. The van der Waals surface area contributed by atoms with Gasteiger partial charge in [-0.15, -0.1) is 0 Å². The Morgan fingerprint density at radius 2 is 2.10 bits per heavy atom. The minimum absolute atomic E-state index is 0.137. The summed E-state index contributed by atoms with van der Waals surface area (Å²) in [6, 6.07) is 0. The van der Waals surface area contributed by atoms with Crippen LogP contribution in [0.25, 0.3) is 0 Å². The number of hydrogen-bond donors (Lipinski definition) is 0. The Kier molecular flexibility index (Phi) is 1.63. The number of alkyl halides is 2. The van der Waals surface area contributed by atoms with E-state index < -0.39 is 4.33 Å². The molecule has 10 heavy (non-hydrogen) atoms. The van der Waals surface area contributed by atoms with E-state index in [1.165, 1.54) is 6.42 Å². The Morgan fingerprint density at radius 3 is 2.90 bits per heavy atom. The van der Waals surface area contributed by atoms with E-state index in [1.807, 2.05) is 0 Å². The first-order valence-corrected chi connectivity index (χ1v) is 4.48. The second kappa shape index (κ2) is 2.26. The smallest absolute Gasteiger partial charge is 0.149 e. The minimum atomic E-state index is -0.541. The number of halogens is 2. The molecule has 1 aliphatic carbocycles. The average Bonchev–Trinajstić information content (AvgIpc) is 2.47. The van der Waals surface area contributed by atoms with E-state index in [2.05, 4.69) is 0 Å². The van der Waals surface area contributed by atoms with E-state index in [9.17, 15) is 0 Å². The van der Waals surface area contributed by atoms with Crippen LogP contribution in [0.4, 0.5) is 0 Å². The zero-order valence-corrected chi connectivity index (χ0v) is 7.16. The first-order chi connectivity index (χ1) is 4.73. The van der Waals surface area contributed by atoms with Crippen LogP contribution in [0.3, 0.4) is 0 Å². The number of fused-ring (bicyclic) bond motifs is 1. The van der Waals surface area contributed by atoms with E-state index in [1.54, 1.807) is 0 Å². The van der Waals surface area contributed by atoms with Crippen LogP contribution in [0.2, 0.25) is 0 Å². The van der Waals surface area contributed by atoms with Gasteiger partial charge in [-0.25, -0.2) is 0 Å². The maximum atomic E-state index is 5.93. The van der Waals surface area contributed by atoms with Gasteiger partial charge in [0.15, 0.2) is 0 Å². The molecule has 1 heterocycles. The molecule has 0 unspecified atom stereocenters. The monoisotopic (exact) mass is 180 g/mol. The predicted molar refractivity (Wildman–Crippen MR) is 41.5 cm³/mol. The third-order valence-corrected chi connectivity index (χ3v) is 3.33. The van der Waals surface area contributed by atoms with Crippen LogP contribution in [0, 0.1) is 5.92 Å². The molecule has 1 saturated heterocycles. The molecule has 0 aromatic carbocycles. The van der Waals surface area contributed by atoms with Gasteiger partial charge in [0.1, 0.15) is 4.33 Å². The summed E-state index contributed by atoms with van der Waals surface area (Å²) in [4.78, 5) is 0. The summed E-state index contributed by atoms with van der Waals surface area (Å²) in [5.74, 6) is 0.415. The molecule has 2 atom stereocenters. The van der Waals surface area contributed by atoms with Gasteiger partial charge in [0.25, 0.3) is 0 Å². The standard InChI is InChI=1S/C7H10Cl2O/c8-7(9)5-3-1-2-4-10-6(5)7/h5-6H,1-4H2/t5-,6+/m0/s1. The highest BCUT2D eigenvalue weighted by atomic mass is 35.5. The molecule has 3 heteroatoms. The maximum Gasteiger partial charge on any atom is 0.149 e. The van der Waals surface area contributed by atoms with Crippen molar-refractivity contribution < 1.29 is 4.74 Å². The van der Waals surface area contributed by atoms with Crippen LogP contribution in [-0.2, 0) is 4.74 Å². The van der Waals surface area contributed by atoms with Gasteiger partial charge in [-0.3, -0.25) is 0 Å². The highest BCUT2D eigenvalue weighted by Crippen LogP contribution is 2.58. The topological polar surface area (TPSA) is 9.23 Å². The summed E-state index contributed by atoms with van der Waals surface area (Å²) in [6.07, 6.45) is 3.65.